The van der Waals surface area contributed by atoms with Gasteiger partial charge in [0.2, 0.25) is 10.0 Å². The molecule has 1 aliphatic heterocycles. The van der Waals surface area contributed by atoms with E-state index in [1.54, 1.807) is 0 Å². The van der Waals surface area contributed by atoms with Crippen LogP contribution in [-0.2, 0) is 21.8 Å². The van der Waals surface area contributed by atoms with Gasteiger partial charge >= 0.3 is 0 Å². The third kappa shape index (κ3) is 3.67. The van der Waals surface area contributed by atoms with E-state index < -0.39 is 15.9 Å². The lowest BCUT2D eigenvalue weighted by Gasteiger charge is -2.26. The molecule has 0 atom stereocenters. The van der Waals surface area contributed by atoms with Crippen LogP contribution in [0.4, 0.5) is 0 Å². The van der Waals surface area contributed by atoms with Crippen molar-refractivity contribution in [3.8, 4) is 0 Å². The van der Waals surface area contributed by atoms with E-state index >= 15 is 0 Å². The molecule has 4 aromatic rings. The Morgan fingerprint density at radius 3 is 2.47 bits per heavy atom. The second-order valence-electron chi connectivity index (χ2n) is 7.53. The van der Waals surface area contributed by atoms with Crippen LogP contribution in [0, 0.1) is 0 Å². The normalized spacial score (nSPS) is 16.1. The Hall–Kier alpha value is -2.85. The zero-order valence-electron chi connectivity index (χ0n) is 17.4. The summed E-state index contributed by atoms with van der Waals surface area (Å²) in [5, 5.41) is 2.23. The first-order valence-corrected chi connectivity index (χ1v) is 12.4. The number of carbonyl (C=O) groups is 1. The highest BCUT2D eigenvalue weighted by molar-refractivity contribution is 7.89. The largest absolute Gasteiger partial charge is 0.379 e. The summed E-state index contributed by atoms with van der Waals surface area (Å²) < 4.78 is 35.1. The Morgan fingerprint density at radius 1 is 1.00 bits per heavy atom. The quantitative estimate of drug-likeness (QED) is 0.464. The Balaban J connectivity index is 1.48. The number of hydrogen-bond acceptors (Lipinski definition) is 5. The number of hydrogen-bond donors (Lipinski definition) is 0. The lowest BCUT2D eigenvalue weighted by Crippen LogP contribution is -2.40. The first kappa shape index (κ1) is 21.0. The first-order chi connectivity index (χ1) is 15.4. The van der Waals surface area contributed by atoms with Gasteiger partial charge in [0, 0.05) is 31.1 Å². The van der Waals surface area contributed by atoms with Crippen molar-refractivity contribution >= 4 is 48.3 Å². The van der Waals surface area contributed by atoms with Crippen LogP contribution in [-0.4, -0.2) is 49.5 Å². The van der Waals surface area contributed by atoms with Crippen molar-refractivity contribution in [3.63, 3.8) is 0 Å². The number of morpholine rings is 1. The number of amides is 1. The van der Waals surface area contributed by atoms with E-state index in [1.807, 2.05) is 29.8 Å². The average molecular weight is 468 g/mol. The van der Waals surface area contributed by atoms with Crippen molar-refractivity contribution in [2.75, 3.05) is 26.3 Å². The van der Waals surface area contributed by atoms with E-state index in [0.717, 1.165) is 21.0 Å². The molecule has 1 aromatic heterocycles. The molecule has 0 spiro atoms. The van der Waals surface area contributed by atoms with Crippen LogP contribution < -0.4 is 4.80 Å². The number of benzene rings is 3. The second-order valence-corrected chi connectivity index (χ2v) is 10.5. The van der Waals surface area contributed by atoms with Crippen molar-refractivity contribution in [1.29, 1.82) is 0 Å². The van der Waals surface area contributed by atoms with Crippen LogP contribution in [0.2, 0.25) is 0 Å². The Bertz CT molecular complexity index is 1500. The number of nitrogens with zero attached hydrogens (tertiary/aromatic N) is 3. The summed E-state index contributed by atoms with van der Waals surface area (Å²) in [5.74, 6) is -0.410. The van der Waals surface area contributed by atoms with Crippen LogP contribution in [0.25, 0.3) is 21.0 Å². The summed E-state index contributed by atoms with van der Waals surface area (Å²) in [6, 6.07) is 18.2. The lowest BCUT2D eigenvalue weighted by molar-refractivity contribution is 0.0730. The molecule has 0 N–H and O–H groups in total. The van der Waals surface area contributed by atoms with E-state index in [0.29, 0.717) is 36.7 Å². The fourth-order valence-corrected chi connectivity index (χ4v) is 6.32. The molecule has 7 nitrogen and oxygen atoms in total. The maximum atomic E-state index is 12.8. The van der Waals surface area contributed by atoms with Crippen molar-refractivity contribution < 1.29 is 17.9 Å². The summed E-state index contributed by atoms with van der Waals surface area (Å²) in [7, 11) is -1.70. The molecule has 0 aliphatic carbocycles. The average Bonchev–Trinajstić information content (AvgIpc) is 3.15. The molecule has 9 heteroatoms. The highest BCUT2D eigenvalue weighted by Crippen LogP contribution is 2.26. The van der Waals surface area contributed by atoms with E-state index in [9.17, 15) is 13.2 Å². The molecule has 1 fully saturated rings. The molecule has 3 aromatic carbocycles. The standard InChI is InChI=1S/C23H21N3O4S2/c1-25-21-19-5-3-2-4-16(19)8-11-20(21)31-23(25)24-22(27)17-6-9-18(10-7-17)32(28,29)26-12-14-30-15-13-26/h2-11H,12-15H2,1H3. The van der Waals surface area contributed by atoms with Crippen LogP contribution in [0.3, 0.4) is 0 Å². The molecule has 0 saturated carbocycles. The second kappa shape index (κ2) is 8.25. The highest BCUT2D eigenvalue weighted by atomic mass is 32.2. The van der Waals surface area contributed by atoms with Gasteiger partial charge in [-0.15, -0.1) is 0 Å². The van der Waals surface area contributed by atoms with Gasteiger partial charge < -0.3 is 9.30 Å². The number of thiazole rings is 1. The minimum absolute atomic E-state index is 0.162. The molecular formula is C23H21N3O4S2. The number of fused-ring (bicyclic) bond motifs is 3. The predicted octanol–water partition coefficient (Wildman–Crippen LogP) is 3.16. The number of rotatable bonds is 3. The maximum Gasteiger partial charge on any atom is 0.279 e. The van der Waals surface area contributed by atoms with E-state index in [1.165, 1.54) is 39.9 Å². The molecule has 2 heterocycles. The zero-order chi connectivity index (χ0) is 22.3. The van der Waals surface area contributed by atoms with Crippen LogP contribution in [0.5, 0.6) is 0 Å². The van der Waals surface area contributed by atoms with Crippen LogP contribution >= 0.6 is 11.3 Å². The van der Waals surface area contributed by atoms with E-state index in [-0.39, 0.29) is 4.90 Å². The van der Waals surface area contributed by atoms with Gasteiger partial charge in [-0.3, -0.25) is 4.79 Å². The Morgan fingerprint density at radius 2 is 1.72 bits per heavy atom. The van der Waals surface area contributed by atoms with Gasteiger partial charge in [-0.25, -0.2) is 8.42 Å². The summed E-state index contributed by atoms with van der Waals surface area (Å²) in [6.45, 7) is 1.43. The minimum Gasteiger partial charge on any atom is -0.379 e. The van der Waals surface area contributed by atoms with Crippen molar-refractivity contribution in [3.05, 3.63) is 71.0 Å². The number of ether oxygens (including phenoxy) is 1. The number of aromatic nitrogens is 1. The Labute approximate surface area is 189 Å². The smallest absolute Gasteiger partial charge is 0.279 e. The molecule has 0 unspecified atom stereocenters. The molecule has 1 aliphatic rings. The lowest BCUT2D eigenvalue weighted by atomic mass is 10.1. The van der Waals surface area contributed by atoms with Gasteiger partial charge in [0.1, 0.15) is 0 Å². The monoisotopic (exact) mass is 467 g/mol. The third-order valence-corrected chi connectivity index (χ3v) is 8.60. The van der Waals surface area contributed by atoms with E-state index in [4.69, 9.17) is 4.74 Å². The molecule has 32 heavy (non-hydrogen) atoms. The summed E-state index contributed by atoms with van der Waals surface area (Å²) in [4.78, 5) is 17.9. The molecule has 1 saturated heterocycles. The van der Waals surface area contributed by atoms with Crippen LogP contribution in [0.1, 0.15) is 10.4 Å². The maximum absolute atomic E-state index is 12.8. The molecule has 164 valence electrons. The third-order valence-electron chi connectivity index (χ3n) is 5.59. The summed E-state index contributed by atoms with van der Waals surface area (Å²) >= 11 is 1.45. The van der Waals surface area contributed by atoms with Gasteiger partial charge in [0.05, 0.1) is 28.3 Å². The van der Waals surface area contributed by atoms with Gasteiger partial charge in [-0.05, 0) is 35.7 Å². The van der Waals surface area contributed by atoms with Crippen molar-refractivity contribution in [1.82, 2.24) is 8.87 Å². The SMILES string of the molecule is Cn1c(=NC(=O)c2ccc(S(=O)(=O)N3CCOCC3)cc2)sc2ccc3ccccc3c21. The number of sulfonamides is 1. The van der Waals surface area contributed by atoms with Gasteiger partial charge in [0.25, 0.3) is 5.91 Å². The fraction of sp³-hybridized carbons (Fsp3) is 0.217. The molecule has 0 radical (unpaired) electrons. The van der Waals surface area contributed by atoms with E-state index in [2.05, 4.69) is 23.2 Å². The minimum atomic E-state index is -3.60. The fourth-order valence-electron chi connectivity index (χ4n) is 3.88. The predicted molar refractivity (Wildman–Crippen MR) is 124 cm³/mol. The molecule has 1 amide bonds. The van der Waals surface area contributed by atoms with Gasteiger partial charge in [-0.2, -0.15) is 9.30 Å². The number of aryl methyl sites for hydroxylation is 1. The van der Waals surface area contributed by atoms with Crippen molar-refractivity contribution in [2.45, 2.75) is 4.90 Å². The van der Waals surface area contributed by atoms with Crippen LogP contribution in [0.15, 0.2) is 70.6 Å². The molecule has 5 rings (SSSR count). The Kier molecular flexibility index (Phi) is 5.42. The summed E-state index contributed by atoms with van der Waals surface area (Å²) in [6.07, 6.45) is 0. The molecule has 0 bridgehead atoms. The topological polar surface area (TPSA) is 81.0 Å². The first-order valence-electron chi connectivity index (χ1n) is 10.2. The van der Waals surface area contributed by atoms with Crippen molar-refractivity contribution in [2.24, 2.45) is 12.0 Å². The van der Waals surface area contributed by atoms with Gasteiger partial charge in [0.15, 0.2) is 4.80 Å². The summed E-state index contributed by atoms with van der Waals surface area (Å²) in [5.41, 5.74) is 1.37. The number of carbonyl (C=O) groups excluding carboxylic acids is 1. The zero-order valence-corrected chi connectivity index (χ0v) is 19.0. The molecular weight excluding hydrogens is 446 g/mol. The highest BCUT2D eigenvalue weighted by Gasteiger charge is 2.26. The van der Waals surface area contributed by atoms with Gasteiger partial charge in [-0.1, -0.05) is 41.7 Å².